The first-order valence-corrected chi connectivity index (χ1v) is 10.1. The van der Waals surface area contributed by atoms with Crippen LogP contribution in [0.4, 0.5) is 4.39 Å². The third-order valence-corrected chi connectivity index (χ3v) is 4.80. The molecule has 1 aromatic heterocycles. The molecule has 0 aliphatic carbocycles. The molecule has 6 nitrogen and oxygen atoms in total. The topological polar surface area (TPSA) is 86.9 Å². The Kier molecular flexibility index (Phi) is 6.36. The molecule has 0 aliphatic heterocycles. The maximum Gasteiger partial charge on any atom is 0.267 e. The van der Waals surface area contributed by atoms with Crippen LogP contribution in [0.1, 0.15) is 21.7 Å². The Morgan fingerprint density at radius 3 is 2.41 bits per heavy atom. The highest BCUT2D eigenvalue weighted by Gasteiger charge is 2.15. The summed E-state index contributed by atoms with van der Waals surface area (Å²) in [6.07, 6.45) is 2.01. The number of amides is 2. The van der Waals surface area contributed by atoms with Crippen molar-refractivity contribution in [1.29, 1.82) is 0 Å². The molecule has 4 aromatic rings. The third kappa shape index (κ3) is 5.26. The van der Waals surface area contributed by atoms with Crippen LogP contribution in [-0.2, 0) is 11.2 Å². The molecular weight excluding hydrogens is 407 g/mol. The van der Waals surface area contributed by atoms with Crippen molar-refractivity contribution in [2.24, 2.45) is 0 Å². The van der Waals surface area contributed by atoms with E-state index in [4.69, 9.17) is 0 Å². The number of fused-ring (bicyclic) bond motifs is 1. The molecule has 3 N–H and O–H groups in total. The first-order chi connectivity index (χ1) is 15.6. The zero-order valence-corrected chi connectivity index (χ0v) is 17.1. The Hall–Kier alpha value is -4.26. The standard InChI is InChI=1S/C25H21FN4O2/c26-19-12-10-17(11-13-19)16-22(30-24(31)18-6-2-1-3-7-18)25(32)27-15-14-23-28-20-8-4-5-9-21(20)29-23/h1-13,16H,14-15H2,(H,27,32)(H,28,29)(H,30,31)/b22-16-. The molecule has 1 heterocycles. The smallest absolute Gasteiger partial charge is 0.267 e. The second-order valence-electron chi connectivity index (χ2n) is 7.14. The predicted molar refractivity (Wildman–Crippen MR) is 121 cm³/mol. The highest BCUT2D eigenvalue weighted by molar-refractivity contribution is 6.05. The predicted octanol–water partition coefficient (Wildman–Crippen LogP) is 3.83. The molecule has 0 aliphatic rings. The van der Waals surface area contributed by atoms with Gasteiger partial charge in [0.05, 0.1) is 11.0 Å². The number of carbonyl (C=O) groups excluding carboxylic acids is 2. The van der Waals surface area contributed by atoms with Crippen LogP contribution in [0, 0.1) is 5.82 Å². The van der Waals surface area contributed by atoms with Crippen LogP contribution in [0.5, 0.6) is 0 Å². The van der Waals surface area contributed by atoms with E-state index in [2.05, 4.69) is 20.6 Å². The minimum Gasteiger partial charge on any atom is -0.350 e. The summed E-state index contributed by atoms with van der Waals surface area (Å²) in [5, 5.41) is 5.47. The van der Waals surface area contributed by atoms with Crippen molar-refractivity contribution in [1.82, 2.24) is 20.6 Å². The minimum absolute atomic E-state index is 0.0649. The summed E-state index contributed by atoms with van der Waals surface area (Å²) in [6, 6.07) is 21.9. The van der Waals surface area contributed by atoms with E-state index in [9.17, 15) is 14.0 Å². The molecule has 4 rings (SSSR count). The number of benzene rings is 3. The van der Waals surface area contributed by atoms with Crippen LogP contribution in [0.15, 0.2) is 84.6 Å². The maximum atomic E-state index is 13.2. The number of hydrogen-bond acceptors (Lipinski definition) is 3. The van der Waals surface area contributed by atoms with Gasteiger partial charge in [0, 0.05) is 18.5 Å². The van der Waals surface area contributed by atoms with Crippen molar-refractivity contribution < 1.29 is 14.0 Å². The first-order valence-electron chi connectivity index (χ1n) is 10.1. The lowest BCUT2D eigenvalue weighted by molar-refractivity contribution is -0.117. The lowest BCUT2D eigenvalue weighted by Gasteiger charge is -2.11. The van der Waals surface area contributed by atoms with E-state index in [0.717, 1.165) is 16.9 Å². The van der Waals surface area contributed by atoms with E-state index in [1.165, 1.54) is 30.3 Å². The monoisotopic (exact) mass is 428 g/mol. The van der Waals surface area contributed by atoms with Gasteiger partial charge in [-0.2, -0.15) is 0 Å². The number of aromatic nitrogens is 2. The van der Waals surface area contributed by atoms with Gasteiger partial charge in [0.2, 0.25) is 0 Å². The Morgan fingerprint density at radius 2 is 1.66 bits per heavy atom. The number of H-pyrrole nitrogens is 1. The largest absolute Gasteiger partial charge is 0.350 e. The number of imidazole rings is 1. The average Bonchev–Trinajstić information content (AvgIpc) is 3.23. The SMILES string of the molecule is O=C(NCCc1nc2ccccc2[nH]1)/C(=C/c1ccc(F)cc1)NC(=O)c1ccccc1. The van der Waals surface area contributed by atoms with Gasteiger partial charge in [-0.05, 0) is 48.0 Å². The van der Waals surface area contributed by atoms with E-state index in [1.807, 2.05) is 24.3 Å². The van der Waals surface area contributed by atoms with E-state index < -0.39 is 11.8 Å². The van der Waals surface area contributed by atoms with Gasteiger partial charge in [0.15, 0.2) is 0 Å². The third-order valence-electron chi connectivity index (χ3n) is 4.80. The molecule has 0 bridgehead atoms. The number of hydrogen-bond donors (Lipinski definition) is 3. The molecule has 160 valence electrons. The van der Waals surface area contributed by atoms with Crippen molar-refractivity contribution >= 4 is 28.9 Å². The van der Waals surface area contributed by atoms with Gasteiger partial charge in [-0.15, -0.1) is 0 Å². The minimum atomic E-state index is -0.449. The highest BCUT2D eigenvalue weighted by Crippen LogP contribution is 2.11. The molecule has 0 saturated heterocycles. The fraction of sp³-hybridized carbons (Fsp3) is 0.0800. The van der Waals surface area contributed by atoms with Crippen LogP contribution in [0.3, 0.4) is 0 Å². The quantitative estimate of drug-likeness (QED) is 0.391. The zero-order valence-electron chi connectivity index (χ0n) is 17.1. The van der Waals surface area contributed by atoms with E-state index in [-0.39, 0.29) is 11.5 Å². The lowest BCUT2D eigenvalue weighted by atomic mass is 10.1. The van der Waals surface area contributed by atoms with Crippen molar-refractivity contribution in [2.45, 2.75) is 6.42 Å². The Bertz CT molecular complexity index is 1230. The molecule has 32 heavy (non-hydrogen) atoms. The molecule has 0 radical (unpaired) electrons. The van der Waals surface area contributed by atoms with Gasteiger partial charge in [0.1, 0.15) is 17.3 Å². The van der Waals surface area contributed by atoms with Crippen LogP contribution < -0.4 is 10.6 Å². The van der Waals surface area contributed by atoms with Gasteiger partial charge in [-0.3, -0.25) is 9.59 Å². The van der Waals surface area contributed by atoms with Crippen molar-refractivity contribution in [3.63, 3.8) is 0 Å². The number of aromatic amines is 1. The fourth-order valence-electron chi connectivity index (χ4n) is 3.18. The Labute approximate surface area is 184 Å². The molecular formula is C25H21FN4O2. The fourth-order valence-corrected chi connectivity index (χ4v) is 3.18. The molecule has 0 fully saturated rings. The molecule has 0 spiro atoms. The van der Waals surface area contributed by atoms with Crippen LogP contribution >= 0.6 is 0 Å². The average molecular weight is 428 g/mol. The number of nitrogens with one attached hydrogen (secondary N) is 3. The number of carbonyl (C=O) groups is 2. The van der Waals surface area contributed by atoms with Gasteiger partial charge >= 0.3 is 0 Å². The molecule has 0 atom stereocenters. The Morgan fingerprint density at radius 1 is 0.938 bits per heavy atom. The van der Waals surface area contributed by atoms with Crippen LogP contribution in [0.2, 0.25) is 0 Å². The second-order valence-corrected chi connectivity index (χ2v) is 7.14. The molecule has 7 heteroatoms. The Balaban J connectivity index is 1.47. The number of nitrogens with zero attached hydrogens (tertiary/aromatic N) is 1. The zero-order chi connectivity index (χ0) is 22.3. The number of para-hydroxylation sites is 2. The first kappa shape index (κ1) is 21.0. The molecule has 3 aromatic carbocycles. The molecule has 0 unspecified atom stereocenters. The van der Waals surface area contributed by atoms with Crippen molar-refractivity contribution in [3.8, 4) is 0 Å². The van der Waals surface area contributed by atoms with Gasteiger partial charge in [-0.1, -0.05) is 42.5 Å². The number of rotatable bonds is 7. The maximum absolute atomic E-state index is 13.2. The summed E-state index contributed by atoms with van der Waals surface area (Å²) in [6.45, 7) is 0.320. The number of halogens is 1. The van der Waals surface area contributed by atoms with Gasteiger partial charge in [0.25, 0.3) is 11.8 Å². The molecule has 2 amide bonds. The lowest BCUT2D eigenvalue weighted by Crippen LogP contribution is -2.35. The second kappa shape index (κ2) is 9.70. The summed E-state index contributed by atoms with van der Waals surface area (Å²) >= 11 is 0. The van der Waals surface area contributed by atoms with Crippen LogP contribution in [0.25, 0.3) is 17.1 Å². The van der Waals surface area contributed by atoms with Crippen LogP contribution in [-0.4, -0.2) is 28.3 Å². The summed E-state index contributed by atoms with van der Waals surface area (Å²) in [7, 11) is 0. The van der Waals surface area contributed by atoms with E-state index in [1.54, 1.807) is 30.3 Å². The normalized spacial score (nSPS) is 11.3. The van der Waals surface area contributed by atoms with Crippen molar-refractivity contribution in [3.05, 3.63) is 107 Å². The molecule has 0 saturated carbocycles. The summed E-state index contributed by atoms with van der Waals surface area (Å²) in [5.74, 6) is -0.489. The van der Waals surface area contributed by atoms with Gasteiger partial charge in [-0.25, -0.2) is 9.37 Å². The highest BCUT2D eigenvalue weighted by atomic mass is 19.1. The van der Waals surface area contributed by atoms with Crippen molar-refractivity contribution in [2.75, 3.05) is 6.54 Å². The van der Waals surface area contributed by atoms with E-state index in [0.29, 0.717) is 24.1 Å². The summed E-state index contributed by atoms with van der Waals surface area (Å²) < 4.78 is 13.2. The van der Waals surface area contributed by atoms with E-state index >= 15 is 0 Å². The summed E-state index contributed by atoms with van der Waals surface area (Å²) in [4.78, 5) is 33.1. The van der Waals surface area contributed by atoms with Gasteiger partial charge < -0.3 is 15.6 Å². The summed E-state index contributed by atoms with van der Waals surface area (Å²) in [5.41, 5.74) is 2.87.